The van der Waals surface area contributed by atoms with E-state index in [1.165, 1.54) is 49.3 Å². The van der Waals surface area contributed by atoms with Crippen LogP contribution in [-0.4, -0.2) is 50.0 Å². The highest BCUT2D eigenvalue weighted by atomic mass is 15.3. The van der Waals surface area contributed by atoms with Gasteiger partial charge in [0.25, 0.3) is 0 Å². The Kier molecular flexibility index (Phi) is 4.93. The summed E-state index contributed by atoms with van der Waals surface area (Å²) < 4.78 is 2.05. The van der Waals surface area contributed by atoms with E-state index in [2.05, 4.69) is 60.7 Å². The fourth-order valence-electron chi connectivity index (χ4n) is 4.77. The number of rotatable bonds is 5. The van der Waals surface area contributed by atoms with Gasteiger partial charge in [-0.25, -0.2) is 4.98 Å². The highest BCUT2D eigenvalue weighted by Crippen LogP contribution is 2.30. The summed E-state index contributed by atoms with van der Waals surface area (Å²) >= 11 is 0. The van der Waals surface area contributed by atoms with Crippen molar-refractivity contribution in [3.05, 3.63) is 78.6 Å². The summed E-state index contributed by atoms with van der Waals surface area (Å²) in [5.74, 6) is 0.783. The molecule has 3 fully saturated rings. The molecule has 144 valence electrons. The molecular formula is C23H27N5. The lowest BCUT2D eigenvalue weighted by Crippen LogP contribution is -2.43. The lowest BCUT2D eigenvalue weighted by Gasteiger charge is -2.36. The lowest BCUT2D eigenvalue weighted by molar-refractivity contribution is 0.123. The Morgan fingerprint density at radius 2 is 1.61 bits per heavy atom. The minimum Gasteiger partial charge on any atom is -0.306 e. The van der Waals surface area contributed by atoms with Crippen molar-refractivity contribution in [1.29, 1.82) is 0 Å². The van der Waals surface area contributed by atoms with E-state index < -0.39 is 0 Å². The van der Waals surface area contributed by atoms with Crippen LogP contribution < -0.4 is 0 Å². The van der Waals surface area contributed by atoms with E-state index >= 15 is 0 Å². The first-order valence-corrected chi connectivity index (χ1v) is 10.3. The zero-order chi connectivity index (χ0) is 18.8. The van der Waals surface area contributed by atoms with Gasteiger partial charge in [0, 0.05) is 69.2 Å². The summed E-state index contributed by atoms with van der Waals surface area (Å²) in [6.07, 6.45) is 12.2. The Balaban J connectivity index is 1.25. The Morgan fingerprint density at radius 3 is 2.39 bits per heavy atom. The maximum atomic E-state index is 4.15. The topological polar surface area (TPSA) is 37.2 Å². The van der Waals surface area contributed by atoms with Crippen molar-refractivity contribution in [3.8, 4) is 5.69 Å². The average Bonchev–Trinajstić information content (AvgIpc) is 3.13. The average molecular weight is 374 g/mol. The number of hydrogen-bond donors (Lipinski definition) is 0. The quantitative estimate of drug-likeness (QED) is 0.687. The summed E-state index contributed by atoms with van der Waals surface area (Å²) in [6, 6.07) is 13.9. The molecule has 0 saturated carbocycles. The molecule has 5 heterocycles. The van der Waals surface area contributed by atoms with Gasteiger partial charge in [-0.05, 0) is 54.2 Å². The Bertz CT molecular complexity index is 875. The number of nitrogens with zero attached hydrogens (tertiary/aromatic N) is 5. The number of benzene rings is 1. The molecule has 6 rings (SSSR count). The van der Waals surface area contributed by atoms with Gasteiger partial charge in [0.1, 0.15) is 0 Å². The van der Waals surface area contributed by atoms with E-state index in [4.69, 9.17) is 0 Å². The molecule has 5 nitrogen and oxygen atoms in total. The van der Waals surface area contributed by atoms with Gasteiger partial charge < -0.3 is 4.57 Å². The molecule has 5 heteroatoms. The van der Waals surface area contributed by atoms with Crippen molar-refractivity contribution in [2.24, 2.45) is 5.92 Å². The summed E-state index contributed by atoms with van der Waals surface area (Å²) in [7, 11) is 0. The molecule has 2 atom stereocenters. The van der Waals surface area contributed by atoms with Crippen LogP contribution in [0.15, 0.2) is 67.5 Å². The van der Waals surface area contributed by atoms with E-state index in [1.807, 2.05) is 31.1 Å². The van der Waals surface area contributed by atoms with Crippen LogP contribution >= 0.6 is 0 Å². The van der Waals surface area contributed by atoms with Gasteiger partial charge in [0.05, 0.1) is 6.33 Å². The van der Waals surface area contributed by atoms with E-state index in [-0.39, 0.29) is 0 Å². The number of aromatic nitrogens is 3. The zero-order valence-electron chi connectivity index (χ0n) is 16.2. The fraction of sp³-hybridized carbons (Fsp3) is 0.391. The van der Waals surface area contributed by atoms with E-state index in [1.54, 1.807) is 0 Å². The number of imidazole rings is 1. The van der Waals surface area contributed by atoms with Gasteiger partial charge in [0.2, 0.25) is 0 Å². The van der Waals surface area contributed by atoms with Gasteiger partial charge in [-0.3, -0.25) is 14.8 Å². The lowest BCUT2D eigenvalue weighted by atomic mass is 9.94. The molecule has 0 amide bonds. The molecular weight excluding hydrogens is 346 g/mol. The Morgan fingerprint density at radius 1 is 0.786 bits per heavy atom. The standard InChI is InChI=1S/C23H27N5/c1-4-22(27-12-11-25-18-27)5-2-19(1)15-28-16-21-3-6-23(28)17-26(14-21)13-20-7-9-24-10-8-20/h1-2,4-5,7-12,18,21,23H,3,6,13-17H2/t21-,23+/m1/s1. The van der Waals surface area contributed by atoms with Gasteiger partial charge in [0.15, 0.2) is 0 Å². The molecule has 28 heavy (non-hydrogen) atoms. The third-order valence-electron chi connectivity index (χ3n) is 6.18. The highest BCUT2D eigenvalue weighted by Gasteiger charge is 2.34. The second kappa shape index (κ2) is 7.86. The monoisotopic (exact) mass is 373 g/mol. The van der Waals surface area contributed by atoms with Crippen molar-refractivity contribution in [2.75, 3.05) is 19.6 Å². The van der Waals surface area contributed by atoms with E-state index in [0.717, 1.165) is 19.0 Å². The van der Waals surface area contributed by atoms with Crippen molar-refractivity contribution in [2.45, 2.75) is 32.0 Å². The summed E-state index contributed by atoms with van der Waals surface area (Å²) in [5.41, 5.74) is 3.94. The molecule has 0 radical (unpaired) electrons. The fourth-order valence-corrected chi connectivity index (χ4v) is 4.77. The third-order valence-corrected chi connectivity index (χ3v) is 6.18. The summed E-state index contributed by atoms with van der Waals surface area (Å²) in [4.78, 5) is 13.7. The van der Waals surface area contributed by atoms with Gasteiger partial charge in [-0.2, -0.15) is 0 Å². The molecule has 0 spiro atoms. The van der Waals surface area contributed by atoms with Crippen LogP contribution in [0.2, 0.25) is 0 Å². The first kappa shape index (κ1) is 17.6. The first-order valence-electron chi connectivity index (χ1n) is 10.3. The van der Waals surface area contributed by atoms with Crippen LogP contribution in [0.25, 0.3) is 5.69 Å². The third kappa shape index (κ3) is 3.86. The van der Waals surface area contributed by atoms with Gasteiger partial charge in [-0.15, -0.1) is 0 Å². The molecule has 0 N–H and O–H groups in total. The second-order valence-electron chi connectivity index (χ2n) is 8.21. The predicted octanol–water partition coefficient (Wildman–Crippen LogP) is 3.36. The van der Waals surface area contributed by atoms with Gasteiger partial charge in [-0.1, -0.05) is 12.1 Å². The normalized spacial score (nSPS) is 23.0. The summed E-state index contributed by atoms with van der Waals surface area (Å²) in [5, 5.41) is 0. The Hall–Kier alpha value is -2.50. The van der Waals surface area contributed by atoms with Gasteiger partial charge >= 0.3 is 0 Å². The van der Waals surface area contributed by atoms with Crippen LogP contribution in [0, 0.1) is 5.92 Å². The highest BCUT2D eigenvalue weighted by molar-refractivity contribution is 5.34. The molecule has 2 bridgehead atoms. The van der Waals surface area contributed by atoms with Crippen molar-refractivity contribution >= 4 is 0 Å². The molecule has 1 aromatic carbocycles. The van der Waals surface area contributed by atoms with Crippen LogP contribution in [0.4, 0.5) is 0 Å². The minimum atomic E-state index is 0.661. The molecule has 3 aliphatic heterocycles. The SMILES string of the molecule is c1cc(CN2C[C@H]3CC[C@@H](C2)N(Cc2ccc(-n4ccnc4)cc2)C3)ccn1. The molecule has 3 saturated heterocycles. The maximum absolute atomic E-state index is 4.15. The molecule has 0 aliphatic carbocycles. The summed E-state index contributed by atoms with van der Waals surface area (Å²) in [6.45, 7) is 5.71. The van der Waals surface area contributed by atoms with Crippen LogP contribution in [-0.2, 0) is 13.1 Å². The largest absolute Gasteiger partial charge is 0.306 e. The van der Waals surface area contributed by atoms with Crippen molar-refractivity contribution in [3.63, 3.8) is 0 Å². The number of piperidine rings is 1. The van der Waals surface area contributed by atoms with E-state index in [9.17, 15) is 0 Å². The van der Waals surface area contributed by atoms with Crippen molar-refractivity contribution in [1.82, 2.24) is 24.3 Å². The molecule has 3 aliphatic rings. The van der Waals surface area contributed by atoms with E-state index in [0.29, 0.717) is 6.04 Å². The van der Waals surface area contributed by atoms with Crippen LogP contribution in [0.1, 0.15) is 24.0 Å². The molecule has 0 unspecified atom stereocenters. The number of hydrogen-bond acceptors (Lipinski definition) is 4. The minimum absolute atomic E-state index is 0.661. The van der Waals surface area contributed by atoms with Crippen molar-refractivity contribution < 1.29 is 0 Å². The zero-order valence-corrected chi connectivity index (χ0v) is 16.2. The number of pyridine rings is 1. The predicted molar refractivity (Wildman–Crippen MR) is 110 cm³/mol. The van der Waals surface area contributed by atoms with Crippen LogP contribution in [0.5, 0.6) is 0 Å². The number of fused-ring (bicyclic) bond motifs is 4. The second-order valence-corrected chi connectivity index (χ2v) is 8.21. The molecule has 2 aromatic heterocycles. The Labute approximate surface area is 166 Å². The van der Waals surface area contributed by atoms with Crippen LogP contribution in [0.3, 0.4) is 0 Å². The maximum Gasteiger partial charge on any atom is 0.0991 e. The first-order chi connectivity index (χ1) is 13.8. The smallest absolute Gasteiger partial charge is 0.0991 e. The molecule has 3 aromatic rings.